The Morgan fingerprint density at radius 2 is 1.75 bits per heavy atom. The molecule has 2 aromatic carbocycles. The van der Waals surface area contributed by atoms with E-state index in [1.54, 1.807) is 30.3 Å². The number of rotatable bonds is 5. The average Bonchev–Trinajstić information content (AvgIpc) is 2.68. The SMILES string of the molecule is COc1ccc(C)cc1NC(=O)[C@H]1CCCCN1S(=O)(=O)c1ccc(C)cc1. The predicted octanol–water partition coefficient (Wildman–Crippen LogP) is 3.49. The van der Waals surface area contributed by atoms with Crippen molar-refractivity contribution in [3.63, 3.8) is 0 Å². The highest BCUT2D eigenvalue weighted by molar-refractivity contribution is 7.89. The third-order valence-corrected chi connectivity index (χ3v) is 6.92. The van der Waals surface area contributed by atoms with Crippen molar-refractivity contribution in [2.75, 3.05) is 19.0 Å². The van der Waals surface area contributed by atoms with Crippen LogP contribution in [0, 0.1) is 13.8 Å². The Morgan fingerprint density at radius 1 is 1.07 bits per heavy atom. The standard InChI is InChI=1S/C21H26N2O4S/c1-15-7-10-17(11-8-15)28(25,26)23-13-5-4-6-19(23)21(24)22-18-14-16(2)9-12-20(18)27-3/h7-12,14,19H,4-6,13H2,1-3H3,(H,22,24)/t19-/m1/s1. The Labute approximate surface area is 166 Å². The lowest BCUT2D eigenvalue weighted by Crippen LogP contribution is -2.49. The molecule has 3 rings (SSSR count). The number of methoxy groups -OCH3 is 1. The van der Waals surface area contributed by atoms with Crippen LogP contribution >= 0.6 is 0 Å². The summed E-state index contributed by atoms with van der Waals surface area (Å²) < 4.78 is 33.0. The lowest BCUT2D eigenvalue weighted by atomic mass is 10.0. The van der Waals surface area contributed by atoms with Crippen LogP contribution in [0.4, 0.5) is 5.69 Å². The quantitative estimate of drug-likeness (QED) is 0.831. The van der Waals surface area contributed by atoms with Gasteiger partial charge in [0.15, 0.2) is 0 Å². The lowest BCUT2D eigenvalue weighted by molar-refractivity contribution is -0.120. The normalized spacial score (nSPS) is 17.9. The molecule has 2 aromatic rings. The van der Waals surface area contributed by atoms with E-state index in [2.05, 4.69) is 5.32 Å². The van der Waals surface area contributed by atoms with Crippen LogP contribution in [0.15, 0.2) is 47.4 Å². The third-order valence-electron chi connectivity index (χ3n) is 5.00. The Hall–Kier alpha value is -2.38. The third kappa shape index (κ3) is 4.20. The van der Waals surface area contributed by atoms with Gasteiger partial charge in [0, 0.05) is 6.54 Å². The molecule has 1 fully saturated rings. The van der Waals surface area contributed by atoms with Gasteiger partial charge in [0.2, 0.25) is 15.9 Å². The molecule has 1 heterocycles. The molecule has 0 aromatic heterocycles. The van der Waals surface area contributed by atoms with Crippen LogP contribution < -0.4 is 10.1 Å². The first-order valence-corrected chi connectivity index (χ1v) is 10.8. The van der Waals surface area contributed by atoms with E-state index in [9.17, 15) is 13.2 Å². The van der Waals surface area contributed by atoms with Crippen molar-refractivity contribution in [3.8, 4) is 5.75 Å². The number of piperidine rings is 1. The molecule has 28 heavy (non-hydrogen) atoms. The molecule has 6 nitrogen and oxygen atoms in total. The first-order chi connectivity index (χ1) is 13.3. The van der Waals surface area contributed by atoms with Gasteiger partial charge in [0.1, 0.15) is 11.8 Å². The van der Waals surface area contributed by atoms with Crippen LogP contribution in [0.5, 0.6) is 5.75 Å². The second-order valence-electron chi connectivity index (χ2n) is 7.13. The summed E-state index contributed by atoms with van der Waals surface area (Å²) in [6.45, 7) is 4.16. The summed E-state index contributed by atoms with van der Waals surface area (Å²) in [6.07, 6.45) is 2.04. The first-order valence-electron chi connectivity index (χ1n) is 9.37. The van der Waals surface area contributed by atoms with Gasteiger partial charge in [-0.15, -0.1) is 0 Å². The van der Waals surface area contributed by atoms with E-state index in [0.29, 0.717) is 24.4 Å². The Morgan fingerprint density at radius 3 is 2.43 bits per heavy atom. The van der Waals surface area contributed by atoms with Crippen molar-refractivity contribution < 1.29 is 17.9 Å². The summed E-state index contributed by atoms with van der Waals surface area (Å²) in [7, 11) is -2.21. The molecule has 1 aliphatic heterocycles. The predicted molar refractivity (Wildman–Crippen MR) is 109 cm³/mol. The van der Waals surface area contributed by atoms with Crippen LogP contribution in [0.1, 0.15) is 30.4 Å². The highest BCUT2D eigenvalue weighted by Crippen LogP contribution is 2.29. The summed E-state index contributed by atoms with van der Waals surface area (Å²) in [5, 5.41) is 2.86. The maximum Gasteiger partial charge on any atom is 0.243 e. The molecule has 0 saturated carbocycles. The van der Waals surface area contributed by atoms with Gasteiger partial charge < -0.3 is 10.1 Å². The number of nitrogens with zero attached hydrogens (tertiary/aromatic N) is 1. The maximum atomic E-state index is 13.2. The highest BCUT2D eigenvalue weighted by atomic mass is 32.2. The number of anilines is 1. The number of sulfonamides is 1. The zero-order valence-corrected chi connectivity index (χ0v) is 17.3. The zero-order chi connectivity index (χ0) is 20.3. The minimum atomic E-state index is -3.75. The van der Waals surface area contributed by atoms with Gasteiger partial charge in [0.05, 0.1) is 17.7 Å². The van der Waals surface area contributed by atoms with Crippen molar-refractivity contribution in [1.29, 1.82) is 0 Å². The number of carbonyl (C=O) groups is 1. The Balaban J connectivity index is 1.88. The zero-order valence-electron chi connectivity index (χ0n) is 16.4. The van der Waals surface area contributed by atoms with Gasteiger partial charge in [-0.3, -0.25) is 4.79 Å². The van der Waals surface area contributed by atoms with E-state index in [-0.39, 0.29) is 10.8 Å². The lowest BCUT2D eigenvalue weighted by Gasteiger charge is -2.33. The van der Waals surface area contributed by atoms with E-state index in [0.717, 1.165) is 24.0 Å². The number of benzene rings is 2. The average molecular weight is 403 g/mol. The monoisotopic (exact) mass is 402 g/mol. The first kappa shape index (κ1) is 20.4. The van der Waals surface area contributed by atoms with E-state index >= 15 is 0 Å². The number of amides is 1. The minimum absolute atomic E-state index is 0.214. The van der Waals surface area contributed by atoms with Gasteiger partial charge in [0.25, 0.3) is 0 Å². The van der Waals surface area contributed by atoms with Crippen molar-refractivity contribution in [1.82, 2.24) is 4.31 Å². The second-order valence-corrected chi connectivity index (χ2v) is 9.02. The van der Waals surface area contributed by atoms with Crippen LogP contribution in [-0.2, 0) is 14.8 Å². The number of ether oxygens (including phenoxy) is 1. The van der Waals surface area contributed by atoms with E-state index < -0.39 is 16.1 Å². The van der Waals surface area contributed by atoms with E-state index in [1.165, 1.54) is 11.4 Å². The molecule has 150 valence electrons. The molecule has 7 heteroatoms. The largest absolute Gasteiger partial charge is 0.495 e. The second kappa shape index (κ2) is 8.32. The molecule has 1 amide bonds. The molecule has 0 bridgehead atoms. The number of hydrogen-bond donors (Lipinski definition) is 1. The molecule has 0 spiro atoms. The summed E-state index contributed by atoms with van der Waals surface area (Å²) in [4.78, 5) is 13.2. The van der Waals surface area contributed by atoms with Crippen LogP contribution in [0.25, 0.3) is 0 Å². The number of aryl methyl sites for hydroxylation is 2. The molecular weight excluding hydrogens is 376 g/mol. The molecule has 1 atom stereocenters. The number of nitrogens with one attached hydrogen (secondary N) is 1. The van der Waals surface area contributed by atoms with E-state index in [4.69, 9.17) is 4.74 Å². The molecule has 0 unspecified atom stereocenters. The fourth-order valence-corrected chi connectivity index (χ4v) is 5.09. The van der Waals surface area contributed by atoms with Crippen molar-refractivity contribution >= 4 is 21.6 Å². The molecule has 1 aliphatic rings. The molecule has 1 saturated heterocycles. The van der Waals surface area contributed by atoms with Crippen LogP contribution in [0.2, 0.25) is 0 Å². The molecule has 1 N–H and O–H groups in total. The number of hydrogen-bond acceptors (Lipinski definition) is 4. The smallest absolute Gasteiger partial charge is 0.243 e. The Bertz CT molecular complexity index is 955. The van der Waals surface area contributed by atoms with Gasteiger partial charge in [-0.1, -0.05) is 30.2 Å². The topological polar surface area (TPSA) is 75.7 Å². The fraction of sp³-hybridized carbons (Fsp3) is 0.381. The maximum absolute atomic E-state index is 13.2. The van der Waals surface area contributed by atoms with Crippen LogP contribution in [0.3, 0.4) is 0 Å². The number of carbonyl (C=O) groups excluding carboxylic acids is 1. The molecular formula is C21H26N2O4S. The van der Waals surface area contributed by atoms with Crippen molar-refractivity contribution in [2.45, 2.75) is 44.0 Å². The van der Waals surface area contributed by atoms with Crippen molar-refractivity contribution in [2.24, 2.45) is 0 Å². The highest BCUT2D eigenvalue weighted by Gasteiger charge is 2.37. The van der Waals surface area contributed by atoms with Crippen LogP contribution in [-0.4, -0.2) is 38.3 Å². The van der Waals surface area contributed by atoms with E-state index in [1.807, 2.05) is 26.0 Å². The minimum Gasteiger partial charge on any atom is -0.495 e. The Kier molecular flexibility index (Phi) is 6.05. The summed E-state index contributed by atoms with van der Waals surface area (Å²) >= 11 is 0. The van der Waals surface area contributed by atoms with Gasteiger partial charge in [-0.2, -0.15) is 4.31 Å². The van der Waals surface area contributed by atoms with Gasteiger partial charge in [-0.05, 0) is 56.5 Å². The fourth-order valence-electron chi connectivity index (χ4n) is 3.44. The summed E-state index contributed by atoms with van der Waals surface area (Å²) in [6, 6.07) is 11.5. The molecule has 0 aliphatic carbocycles. The summed E-state index contributed by atoms with van der Waals surface area (Å²) in [5.74, 6) is 0.210. The molecule has 0 radical (unpaired) electrons. The van der Waals surface area contributed by atoms with Gasteiger partial charge >= 0.3 is 0 Å². The summed E-state index contributed by atoms with van der Waals surface area (Å²) in [5.41, 5.74) is 2.51. The van der Waals surface area contributed by atoms with Crippen molar-refractivity contribution in [3.05, 3.63) is 53.6 Å². The van der Waals surface area contributed by atoms with Gasteiger partial charge in [-0.25, -0.2) is 8.42 Å².